The molecule has 32 heavy (non-hydrogen) atoms. The van der Waals surface area contributed by atoms with Gasteiger partial charge in [0, 0.05) is 24.9 Å². The van der Waals surface area contributed by atoms with Crippen molar-refractivity contribution in [2.75, 3.05) is 6.54 Å². The summed E-state index contributed by atoms with van der Waals surface area (Å²) in [6, 6.07) is 19.8. The molecule has 1 aliphatic heterocycles. The lowest BCUT2D eigenvalue weighted by Gasteiger charge is -2.26. The van der Waals surface area contributed by atoms with E-state index in [0.29, 0.717) is 0 Å². The van der Waals surface area contributed by atoms with Gasteiger partial charge in [-0.15, -0.1) is 0 Å². The smallest absolute Gasteiger partial charge is 0.235 e. The van der Waals surface area contributed by atoms with Crippen molar-refractivity contribution in [2.24, 2.45) is 5.73 Å². The van der Waals surface area contributed by atoms with Crippen LogP contribution < -0.4 is 10.5 Å². The maximum absolute atomic E-state index is 12.4. The van der Waals surface area contributed by atoms with Crippen LogP contribution in [0.15, 0.2) is 73.1 Å². The first-order valence-corrected chi connectivity index (χ1v) is 10.9. The van der Waals surface area contributed by atoms with Gasteiger partial charge in [0.1, 0.15) is 17.1 Å². The van der Waals surface area contributed by atoms with Crippen molar-refractivity contribution in [2.45, 2.75) is 31.8 Å². The zero-order valence-electron chi connectivity index (χ0n) is 18.0. The highest BCUT2D eigenvalue weighted by Crippen LogP contribution is 2.36. The Balaban J connectivity index is 1.35. The number of hydrogen-bond donors (Lipinski definition) is 2. The average Bonchev–Trinajstić information content (AvgIpc) is 3.39. The standard InChI is InChI=1S/C26H26N4O2/c1-17-15-29-26-23(17)22(11-13-28-26)32-20-9-7-19(8-10-20)21-12-14-30(24(21)25(27)31)16-18-5-3-2-4-6-18/h2-11,13,15,21,24H,12,14,16H2,1H3,(H2,27,31)(H,28,29)/t21-,24+/m1/s1. The number of primary amides is 1. The molecular formula is C26H26N4O2. The topological polar surface area (TPSA) is 84.2 Å². The first-order chi connectivity index (χ1) is 15.6. The highest BCUT2D eigenvalue weighted by atomic mass is 16.5. The second-order valence-electron chi connectivity index (χ2n) is 8.37. The highest BCUT2D eigenvalue weighted by Gasteiger charge is 2.38. The molecule has 1 fully saturated rings. The van der Waals surface area contributed by atoms with Gasteiger partial charge in [-0.3, -0.25) is 9.69 Å². The van der Waals surface area contributed by atoms with Crippen molar-refractivity contribution in [3.8, 4) is 11.5 Å². The lowest BCUT2D eigenvalue weighted by Crippen LogP contribution is -2.42. The third-order valence-corrected chi connectivity index (χ3v) is 6.29. The molecule has 0 unspecified atom stereocenters. The number of rotatable bonds is 6. The van der Waals surface area contributed by atoms with Crippen LogP contribution in [-0.2, 0) is 11.3 Å². The van der Waals surface area contributed by atoms with Crippen LogP contribution in [0.25, 0.3) is 11.0 Å². The Morgan fingerprint density at radius 2 is 1.94 bits per heavy atom. The average molecular weight is 427 g/mol. The van der Waals surface area contributed by atoms with Gasteiger partial charge in [-0.2, -0.15) is 0 Å². The molecule has 162 valence electrons. The fourth-order valence-electron chi connectivity index (χ4n) is 4.76. The van der Waals surface area contributed by atoms with Gasteiger partial charge in [-0.25, -0.2) is 4.98 Å². The van der Waals surface area contributed by atoms with Crippen LogP contribution in [0.3, 0.4) is 0 Å². The Morgan fingerprint density at radius 1 is 1.16 bits per heavy atom. The molecule has 2 aromatic heterocycles. The van der Waals surface area contributed by atoms with Gasteiger partial charge in [-0.1, -0.05) is 42.5 Å². The number of likely N-dealkylation sites (tertiary alicyclic amines) is 1. The van der Waals surface area contributed by atoms with E-state index in [9.17, 15) is 4.79 Å². The van der Waals surface area contributed by atoms with E-state index in [4.69, 9.17) is 10.5 Å². The molecule has 0 bridgehead atoms. The number of carbonyl (C=O) groups is 1. The summed E-state index contributed by atoms with van der Waals surface area (Å²) in [5.41, 5.74) is 10.0. The Bertz CT molecular complexity index is 1230. The minimum atomic E-state index is -0.315. The number of amides is 1. The van der Waals surface area contributed by atoms with Gasteiger partial charge < -0.3 is 15.5 Å². The SMILES string of the molecule is Cc1c[nH]c2nccc(Oc3ccc([C@H]4CCN(Cc5ccccc5)[C@@H]4C(N)=O)cc3)c12. The minimum Gasteiger partial charge on any atom is -0.457 e. The number of hydrogen-bond acceptors (Lipinski definition) is 4. The number of aromatic nitrogens is 2. The van der Waals surface area contributed by atoms with Gasteiger partial charge in [0.05, 0.1) is 11.4 Å². The summed E-state index contributed by atoms with van der Waals surface area (Å²) in [4.78, 5) is 22.1. The number of benzene rings is 2. The van der Waals surface area contributed by atoms with Crippen molar-refractivity contribution in [1.29, 1.82) is 0 Å². The van der Waals surface area contributed by atoms with Crippen LogP contribution in [-0.4, -0.2) is 33.4 Å². The van der Waals surface area contributed by atoms with Crippen molar-refractivity contribution < 1.29 is 9.53 Å². The predicted octanol–water partition coefficient (Wildman–Crippen LogP) is 4.51. The summed E-state index contributed by atoms with van der Waals surface area (Å²) >= 11 is 0. The molecule has 4 aromatic rings. The number of nitrogens with zero attached hydrogens (tertiary/aromatic N) is 2. The summed E-state index contributed by atoms with van der Waals surface area (Å²) in [5, 5.41) is 0.984. The molecule has 1 saturated heterocycles. The Kier molecular flexibility index (Phi) is 5.37. The molecule has 2 aromatic carbocycles. The summed E-state index contributed by atoms with van der Waals surface area (Å²) in [6.07, 6.45) is 4.56. The molecule has 3 heterocycles. The van der Waals surface area contributed by atoms with Gasteiger partial charge >= 0.3 is 0 Å². The van der Waals surface area contributed by atoms with Crippen molar-refractivity contribution in [1.82, 2.24) is 14.9 Å². The van der Waals surface area contributed by atoms with Gasteiger partial charge in [-0.05, 0) is 54.8 Å². The lowest BCUT2D eigenvalue weighted by atomic mass is 9.91. The third kappa shape index (κ3) is 3.85. The van der Waals surface area contributed by atoms with E-state index < -0.39 is 0 Å². The first kappa shape index (κ1) is 20.3. The molecule has 3 N–H and O–H groups in total. The van der Waals surface area contributed by atoms with E-state index in [1.54, 1.807) is 6.20 Å². The van der Waals surface area contributed by atoms with E-state index in [0.717, 1.165) is 53.2 Å². The normalized spacial score (nSPS) is 18.8. The van der Waals surface area contributed by atoms with Crippen LogP contribution >= 0.6 is 0 Å². The number of ether oxygens (including phenoxy) is 1. The Labute approximate surface area is 187 Å². The number of aryl methyl sites for hydroxylation is 1. The van der Waals surface area contributed by atoms with Gasteiger partial charge in [0.15, 0.2) is 0 Å². The van der Waals surface area contributed by atoms with E-state index in [-0.39, 0.29) is 17.9 Å². The van der Waals surface area contributed by atoms with E-state index >= 15 is 0 Å². The second kappa shape index (κ2) is 8.48. The molecule has 2 atom stereocenters. The third-order valence-electron chi connectivity index (χ3n) is 6.29. The van der Waals surface area contributed by atoms with Crippen LogP contribution in [0.1, 0.15) is 29.0 Å². The largest absolute Gasteiger partial charge is 0.457 e. The molecule has 6 heteroatoms. The second-order valence-corrected chi connectivity index (χ2v) is 8.37. The minimum absolute atomic E-state index is 0.0739. The lowest BCUT2D eigenvalue weighted by molar-refractivity contribution is -0.122. The Hall–Kier alpha value is -3.64. The molecule has 0 spiro atoms. The number of nitrogens with two attached hydrogens (primary N) is 1. The van der Waals surface area contributed by atoms with Crippen LogP contribution in [0, 0.1) is 6.92 Å². The number of nitrogens with one attached hydrogen (secondary N) is 1. The maximum Gasteiger partial charge on any atom is 0.235 e. The molecule has 0 saturated carbocycles. The molecular weight excluding hydrogens is 400 g/mol. The summed E-state index contributed by atoms with van der Waals surface area (Å²) < 4.78 is 6.16. The summed E-state index contributed by atoms with van der Waals surface area (Å²) in [7, 11) is 0. The highest BCUT2D eigenvalue weighted by molar-refractivity contribution is 5.86. The number of aromatic amines is 1. The number of H-pyrrole nitrogens is 1. The molecule has 0 radical (unpaired) electrons. The predicted molar refractivity (Wildman–Crippen MR) is 125 cm³/mol. The van der Waals surface area contributed by atoms with Crippen LogP contribution in [0.4, 0.5) is 0 Å². The molecule has 0 aliphatic carbocycles. The van der Waals surface area contributed by atoms with E-state index in [1.165, 1.54) is 5.56 Å². The summed E-state index contributed by atoms with van der Waals surface area (Å²) in [5.74, 6) is 1.32. The number of fused-ring (bicyclic) bond motifs is 1. The quantitative estimate of drug-likeness (QED) is 0.475. The zero-order chi connectivity index (χ0) is 22.1. The van der Waals surface area contributed by atoms with Gasteiger partial charge in [0.25, 0.3) is 0 Å². The molecule has 5 rings (SSSR count). The van der Waals surface area contributed by atoms with Crippen molar-refractivity contribution in [3.63, 3.8) is 0 Å². The molecule has 1 amide bonds. The number of carbonyl (C=O) groups excluding carboxylic acids is 1. The van der Waals surface area contributed by atoms with Crippen LogP contribution in [0.5, 0.6) is 11.5 Å². The number of pyridine rings is 1. The first-order valence-electron chi connectivity index (χ1n) is 10.9. The maximum atomic E-state index is 12.4. The monoisotopic (exact) mass is 426 g/mol. The molecule has 1 aliphatic rings. The van der Waals surface area contributed by atoms with Gasteiger partial charge in [0.2, 0.25) is 5.91 Å². The molecule has 6 nitrogen and oxygen atoms in total. The zero-order valence-corrected chi connectivity index (χ0v) is 18.0. The summed E-state index contributed by atoms with van der Waals surface area (Å²) in [6.45, 7) is 3.59. The van der Waals surface area contributed by atoms with Crippen molar-refractivity contribution in [3.05, 3.63) is 89.7 Å². The fourth-order valence-corrected chi connectivity index (χ4v) is 4.76. The fraction of sp³-hybridized carbons (Fsp3) is 0.231. The van der Waals surface area contributed by atoms with Crippen molar-refractivity contribution >= 4 is 16.9 Å². The van der Waals surface area contributed by atoms with E-state index in [1.807, 2.05) is 61.7 Å². The Morgan fingerprint density at radius 3 is 2.69 bits per heavy atom. The van der Waals surface area contributed by atoms with Crippen LogP contribution in [0.2, 0.25) is 0 Å². The van der Waals surface area contributed by atoms with E-state index in [2.05, 4.69) is 27.0 Å².